The average Bonchev–Trinajstić information content (AvgIpc) is 3.18. The van der Waals surface area contributed by atoms with Crippen molar-refractivity contribution < 1.29 is 29.3 Å². The Kier molecular flexibility index (Phi) is 8.71. The number of aliphatic carboxylic acids is 2. The van der Waals surface area contributed by atoms with Crippen LogP contribution in [0.25, 0.3) is 0 Å². The highest BCUT2D eigenvalue weighted by Gasteiger charge is 2.24. The molecule has 0 saturated heterocycles. The SMILES string of the molecule is CC(CC(C(=O)O)C(C)C)c1ccccc1.O=C(O)CCc1ccc2c(c1)OCO2. The van der Waals surface area contributed by atoms with Crippen LogP contribution in [0.2, 0.25) is 0 Å². The lowest BCUT2D eigenvalue weighted by Gasteiger charge is -2.20. The molecule has 0 fully saturated rings. The summed E-state index contributed by atoms with van der Waals surface area (Å²) in [6, 6.07) is 15.6. The minimum Gasteiger partial charge on any atom is -0.481 e. The van der Waals surface area contributed by atoms with Crippen molar-refractivity contribution in [1.82, 2.24) is 0 Å². The van der Waals surface area contributed by atoms with E-state index in [2.05, 4.69) is 19.1 Å². The van der Waals surface area contributed by atoms with Gasteiger partial charge in [-0.1, -0.05) is 57.2 Å². The molecule has 0 radical (unpaired) electrons. The van der Waals surface area contributed by atoms with Crippen LogP contribution < -0.4 is 9.47 Å². The van der Waals surface area contributed by atoms with Crippen LogP contribution >= 0.6 is 0 Å². The second kappa shape index (κ2) is 11.2. The molecule has 162 valence electrons. The smallest absolute Gasteiger partial charge is 0.306 e. The van der Waals surface area contributed by atoms with Gasteiger partial charge in [-0.25, -0.2) is 0 Å². The Labute approximate surface area is 177 Å². The first kappa shape index (κ1) is 23.3. The Bertz CT molecular complexity index is 831. The number of carboxylic acids is 2. The van der Waals surface area contributed by atoms with Gasteiger partial charge >= 0.3 is 11.9 Å². The number of carboxylic acid groups (broad SMARTS) is 2. The van der Waals surface area contributed by atoms with E-state index < -0.39 is 11.9 Å². The van der Waals surface area contributed by atoms with Gasteiger partial charge in [0.25, 0.3) is 0 Å². The summed E-state index contributed by atoms with van der Waals surface area (Å²) >= 11 is 0. The highest BCUT2D eigenvalue weighted by Crippen LogP contribution is 2.32. The number of fused-ring (bicyclic) bond motifs is 1. The van der Waals surface area contributed by atoms with Crippen molar-refractivity contribution in [1.29, 1.82) is 0 Å². The number of ether oxygens (including phenoxy) is 2. The van der Waals surface area contributed by atoms with Crippen LogP contribution in [0.5, 0.6) is 11.5 Å². The summed E-state index contributed by atoms with van der Waals surface area (Å²) in [7, 11) is 0. The fourth-order valence-corrected chi connectivity index (χ4v) is 3.30. The normalized spacial score (nSPS) is 13.9. The van der Waals surface area contributed by atoms with Gasteiger partial charge in [0.05, 0.1) is 5.92 Å². The fourth-order valence-electron chi connectivity index (χ4n) is 3.30. The number of carbonyl (C=O) groups is 2. The van der Waals surface area contributed by atoms with E-state index in [1.807, 2.05) is 44.2 Å². The van der Waals surface area contributed by atoms with Crippen LogP contribution in [0.1, 0.15) is 50.7 Å². The van der Waals surface area contributed by atoms with Gasteiger partial charge in [-0.3, -0.25) is 9.59 Å². The van der Waals surface area contributed by atoms with E-state index in [9.17, 15) is 9.59 Å². The summed E-state index contributed by atoms with van der Waals surface area (Å²) in [5.41, 5.74) is 2.17. The Morgan fingerprint density at radius 2 is 1.63 bits per heavy atom. The lowest BCUT2D eigenvalue weighted by Crippen LogP contribution is -2.21. The molecule has 0 aromatic heterocycles. The molecule has 3 rings (SSSR count). The van der Waals surface area contributed by atoms with Crippen molar-refractivity contribution >= 4 is 11.9 Å². The molecule has 0 aliphatic carbocycles. The summed E-state index contributed by atoms with van der Waals surface area (Å²) < 4.78 is 10.3. The molecule has 6 heteroatoms. The molecule has 0 bridgehead atoms. The molecule has 2 N–H and O–H groups in total. The minimum atomic E-state index is -0.789. The Morgan fingerprint density at radius 1 is 0.967 bits per heavy atom. The second-order valence-corrected chi connectivity index (χ2v) is 7.82. The highest BCUT2D eigenvalue weighted by atomic mass is 16.7. The summed E-state index contributed by atoms with van der Waals surface area (Å²) in [5.74, 6) is 0.181. The predicted molar refractivity (Wildman–Crippen MR) is 114 cm³/mol. The van der Waals surface area contributed by atoms with Crippen molar-refractivity contribution in [2.24, 2.45) is 11.8 Å². The van der Waals surface area contributed by atoms with Gasteiger partial charge in [-0.2, -0.15) is 0 Å². The molecule has 0 spiro atoms. The van der Waals surface area contributed by atoms with Gasteiger partial charge in [-0.15, -0.1) is 0 Å². The van der Waals surface area contributed by atoms with Crippen LogP contribution in [0.4, 0.5) is 0 Å². The number of aryl methyl sites for hydroxylation is 1. The van der Waals surface area contributed by atoms with Crippen molar-refractivity contribution in [2.45, 2.75) is 46.0 Å². The quantitative estimate of drug-likeness (QED) is 0.633. The predicted octanol–water partition coefficient (Wildman–Crippen LogP) is 4.97. The third-order valence-corrected chi connectivity index (χ3v) is 5.16. The summed E-state index contributed by atoms with van der Waals surface area (Å²) in [5, 5.41) is 17.7. The van der Waals surface area contributed by atoms with E-state index in [1.165, 1.54) is 5.56 Å². The molecule has 6 nitrogen and oxygen atoms in total. The number of benzene rings is 2. The lowest BCUT2D eigenvalue weighted by atomic mass is 9.84. The fraction of sp³-hybridized carbons (Fsp3) is 0.417. The molecular formula is C24H30O6. The van der Waals surface area contributed by atoms with Crippen LogP contribution in [0.3, 0.4) is 0 Å². The summed E-state index contributed by atoms with van der Waals surface area (Å²) in [6.07, 6.45) is 1.36. The van der Waals surface area contributed by atoms with Crippen molar-refractivity contribution in [2.75, 3.05) is 6.79 Å². The molecular weight excluding hydrogens is 384 g/mol. The molecule has 0 saturated carbocycles. The van der Waals surface area contributed by atoms with E-state index in [-0.39, 0.29) is 25.0 Å². The van der Waals surface area contributed by atoms with Crippen molar-refractivity contribution in [3.63, 3.8) is 0 Å². The lowest BCUT2D eigenvalue weighted by molar-refractivity contribution is -0.143. The van der Waals surface area contributed by atoms with Crippen molar-refractivity contribution in [3.8, 4) is 11.5 Å². The first-order valence-corrected chi connectivity index (χ1v) is 10.2. The van der Waals surface area contributed by atoms with E-state index >= 15 is 0 Å². The zero-order valence-electron chi connectivity index (χ0n) is 17.7. The Morgan fingerprint density at radius 3 is 2.23 bits per heavy atom. The van der Waals surface area contributed by atoms with Crippen LogP contribution in [0.15, 0.2) is 48.5 Å². The van der Waals surface area contributed by atoms with E-state index in [0.29, 0.717) is 24.5 Å². The minimum absolute atomic E-state index is 0.139. The Hall–Kier alpha value is -3.02. The zero-order chi connectivity index (χ0) is 22.1. The maximum Gasteiger partial charge on any atom is 0.306 e. The van der Waals surface area contributed by atoms with Gasteiger partial charge in [0, 0.05) is 6.42 Å². The number of rotatable bonds is 8. The van der Waals surface area contributed by atoms with Crippen LogP contribution in [-0.2, 0) is 16.0 Å². The first-order valence-electron chi connectivity index (χ1n) is 10.2. The van der Waals surface area contributed by atoms with Gasteiger partial charge in [0.2, 0.25) is 6.79 Å². The molecule has 1 heterocycles. The van der Waals surface area contributed by atoms with E-state index in [0.717, 1.165) is 11.3 Å². The maximum absolute atomic E-state index is 11.1. The number of hydrogen-bond acceptors (Lipinski definition) is 4. The monoisotopic (exact) mass is 414 g/mol. The van der Waals surface area contributed by atoms with Gasteiger partial charge in [0.15, 0.2) is 11.5 Å². The van der Waals surface area contributed by atoms with Gasteiger partial charge < -0.3 is 19.7 Å². The molecule has 1 aliphatic rings. The van der Waals surface area contributed by atoms with Crippen LogP contribution in [-0.4, -0.2) is 28.9 Å². The average molecular weight is 414 g/mol. The second-order valence-electron chi connectivity index (χ2n) is 7.82. The van der Waals surface area contributed by atoms with Crippen molar-refractivity contribution in [3.05, 3.63) is 59.7 Å². The zero-order valence-corrected chi connectivity index (χ0v) is 17.7. The van der Waals surface area contributed by atoms with Crippen LogP contribution in [0, 0.1) is 11.8 Å². The molecule has 2 aromatic rings. The summed E-state index contributed by atoms with van der Waals surface area (Å²) in [6.45, 7) is 6.28. The first-order chi connectivity index (χ1) is 14.3. The van der Waals surface area contributed by atoms with E-state index in [1.54, 1.807) is 6.07 Å². The molecule has 2 atom stereocenters. The molecule has 2 aromatic carbocycles. The third-order valence-electron chi connectivity index (χ3n) is 5.16. The molecule has 0 amide bonds. The third kappa shape index (κ3) is 7.10. The Balaban J connectivity index is 0.000000215. The molecule has 2 unspecified atom stereocenters. The summed E-state index contributed by atoms with van der Waals surface area (Å²) in [4.78, 5) is 21.5. The standard InChI is InChI=1S/C14H20O2.C10H10O4/c1-10(2)13(14(15)16)9-11(3)12-7-5-4-6-8-12;11-10(12)4-2-7-1-3-8-9(5-7)14-6-13-8/h4-8,10-11,13H,9H2,1-3H3,(H,15,16);1,3,5H,2,4,6H2,(H,11,12). The number of hydrogen-bond donors (Lipinski definition) is 2. The topological polar surface area (TPSA) is 93.1 Å². The highest BCUT2D eigenvalue weighted by molar-refractivity contribution is 5.70. The largest absolute Gasteiger partial charge is 0.481 e. The van der Waals surface area contributed by atoms with E-state index in [4.69, 9.17) is 19.7 Å². The molecule has 1 aliphatic heterocycles. The molecule has 30 heavy (non-hydrogen) atoms. The van der Waals surface area contributed by atoms with Gasteiger partial charge in [-0.05, 0) is 47.9 Å². The van der Waals surface area contributed by atoms with Gasteiger partial charge in [0.1, 0.15) is 0 Å². The maximum atomic E-state index is 11.1.